The van der Waals surface area contributed by atoms with Crippen molar-refractivity contribution in [2.75, 3.05) is 11.8 Å². The van der Waals surface area contributed by atoms with E-state index in [1.54, 1.807) is 11.3 Å². The van der Waals surface area contributed by atoms with Gasteiger partial charge in [-0.3, -0.25) is 0 Å². The van der Waals surface area contributed by atoms with Crippen molar-refractivity contribution in [3.8, 4) is 0 Å². The fourth-order valence-electron chi connectivity index (χ4n) is 0.227. The van der Waals surface area contributed by atoms with Gasteiger partial charge in [-0.15, -0.1) is 35.6 Å². The van der Waals surface area contributed by atoms with Gasteiger partial charge in [0.15, 0.2) is 0 Å². The third-order valence-electron chi connectivity index (χ3n) is 0.497. The minimum absolute atomic E-state index is 0. The second-order valence-electron chi connectivity index (χ2n) is 1.17. The highest BCUT2D eigenvalue weighted by Crippen LogP contribution is 1.91. The first-order valence-electron chi connectivity index (χ1n) is 2.51. The van der Waals surface area contributed by atoms with Crippen LogP contribution in [0.25, 0.3) is 0 Å². The number of alkyl halides is 2. The second-order valence-corrected chi connectivity index (χ2v) is 2.74. The average molecular weight is 220 g/mol. The normalized spacial score (nSPS) is 7.00. The van der Waals surface area contributed by atoms with E-state index in [9.17, 15) is 0 Å². The lowest BCUT2D eigenvalue weighted by atomic mass is 10.7. The van der Waals surface area contributed by atoms with E-state index in [-0.39, 0.29) is 12.4 Å². The Labute approximate surface area is 81.6 Å². The number of hydrogen-bond donors (Lipinski definition) is 0. The van der Waals surface area contributed by atoms with Gasteiger partial charge in [-0.05, 0) is 10.8 Å². The Morgan fingerprint density at radius 1 is 1.00 bits per heavy atom. The van der Waals surface area contributed by atoms with Gasteiger partial charge < -0.3 is 0 Å². The molecule has 0 saturated heterocycles. The molecule has 0 aliphatic heterocycles. The molecular formula is C6H9Cl3S. The number of halogens is 3. The molecule has 0 nitrogen and oxygen atoms in total. The Kier molecular flexibility index (Phi) is 16.2. The molecule has 0 amide bonds. The molecule has 0 fully saturated rings. The lowest BCUT2D eigenvalue weighted by molar-refractivity contribution is 1.52. The van der Waals surface area contributed by atoms with E-state index in [0.717, 1.165) is 0 Å². The van der Waals surface area contributed by atoms with Crippen LogP contribution in [-0.2, 0) is 0 Å². The van der Waals surface area contributed by atoms with Crippen LogP contribution in [0.2, 0.25) is 0 Å². The minimum atomic E-state index is 0. The first-order valence-corrected chi connectivity index (χ1v) is 4.52. The van der Waals surface area contributed by atoms with Crippen LogP contribution in [0.4, 0.5) is 0 Å². The monoisotopic (exact) mass is 218 g/mol. The standard InChI is InChI=1S/C4H4S.C2H4Cl2.ClH/c1-2-4-5-3-1;3-1-2-4;/h1-4H;1-2H2;1H. The van der Waals surface area contributed by atoms with Gasteiger partial charge in [-0.1, -0.05) is 12.1 Å². The molecule has 0 aliphatic carbocycles. The van der Waals surface area contributed by atoms with Crippen LogP contribution in [-0.4, -0.2) is 11.8 Å². The van der Waals surface area contributed by atoms with Crippen LogP contribution in [0.1, 0.15) is 0 Å². The van der Waals surface area contributed by atoms with Crippen LogP contribution in [0.5, 0.6) is 0 Å². The summed E-state index contributed by atoms with van der Waals surface area (Å²) in [5.74, 6) is 1.11. The first-order chi connectivity index (χ1) is 4.41. The molecule has 1 aromatic rings. The Morgan fingerprint density at radius 3 is 1.50 bits per heavy atom. The van der Waals surface area contributed by atoms with Crippen molar-refractivity contribution >= 4 is 46.9 Å². The Balaban J connectivity index is 0. The van der Waals surface area contributed by atoms with Crippen molar-refractivity contribution in [1.82, 2.24) is 0 Å². The highest BCUT2D eigenvalue weighted by atomic mass is 35.5. The summed E-state index contributed by atoms with van der Waals surface area (Å²) in [7, 11) is 0. The Hall–Kier alpha value is 0.570. The maximum Gasteiger partial charge on any atom is 0.0359 e. The summed E-state index contributed by atoms with van der Waals surface area (Å²) in [5, 5.41) is 4.08. The van der Waals surface area contributed by atoms with Crippen LogP contribution < -0.4 is 0 Å². The molecule has 0 aromatic carbocycles. The summed E-state index contributed by atoms with van der Waals surface area (Å²) in [6, 6.07) is 4.04. The summed E-state index contributed by atoms with van der Waals surface area (Å²) in [6.07, 6.45) is 0. The Morgan fingerprint density at radius 2 is 1.40 bits per heavy atom. The summed E-state index contributed by atoms with van der Waals surface area (Å²) in [6.45, 7) is 0. The van der Waals surface area contributed by atoms with E-state index in [0.29, 0.717) is 11.8 Å². The molecule has 0 aliphatic rings. The minimum Gasteiger partial charge on any atom is -0.152 e. The van der Waals surface area contributed by atoms with E-state index >= 15 is 0 Å². The molecular weight excluding hydrogens is 210 g/mol. The molecule has 10 heavy (non-hydrogen) atoms. The molecule has 0 bridgehead atoms. The summed E-state index contributed by atoms with van der Waals surface area (Å²) >= 11 is 11.8. The third kappa shape index (κ3) is 11.4. The number of rotatable bonds is 1. The fourth-order valence-corrected chi connectivity index (χ4v) is 0.680. The number of hydrogen-bond acceptors (Lipinski definition) is 1. The van der Waals surface area contributed by atoms with Gasteiger partial charge in [0.05, 0.1) is 0 Å². The predicted molar refractivity (Wildman–Crippen MR) is 53.0 cm³/mol. The van der Waals surface area contributed by atoms with Crippen molar-refractivity contribution in [3.63, 3.8) is 0 Å². The van der Waals surface area contributed by atoms with Crippen molar-refractivity contribution in [3.05, 3.63) is 22.9 Å². The van der Waals surface area contributed by atoms with E-state index in [1.807, 2.05) is 22.9 Å². The second kappa shape index (κ2) is 12.3. The Bertz CT molecular complexity index is 88.5. The van der Waals surface area contributed by atoms with Gasteiger partial charge in [0.25, 0.3) is 0 Å². The molecule has 60 valence electrons. The van der Waals surface area contributed by atoms with Crippen LogP contribution >= 0.6 is 46.9 Å². The molecule has 0 spiro atoms. The highest BCUT2D eigenvalue weighted by molar-refractivity contribution is 7.07. The zero-order chi connectivity index (χ0) is 6.95. The van der Waals surface area contributed by atoms with Gasteiger partial charge >= 0.3 is 0 Å². The van der Waals surface area contributed by atoms with Gasteiger partial charge in [0, 0.05) is 11.8 Å². The van der Waals surface area contributed by atoms with E-state index in [4.69, 9.17) is 23.2 Å². The SMILES string of the molecule is Cl.ClCCCl.c1ccsc1. The van der Waals surface area contributed by atoms with Crippen LogP contribution in [0, 0.1) is 0 Å². The molecule has 4 heteroatoms. The van der Waals surface area contributed by atoms with E-state index in [1.165, 1.54) is 0 Å². The lowest BCUT2D eigenvalue weighted by Crippen LogP contribution is -1.63. The quantitative estimate of drug-likeness (QED) is 0.633. The summed E-state index contributed by atoms with van der Waals surface area (Å²) in [5.41, 5.74) is 0. The molecule has 1 heterocycles. The smallest absolute Gasteiger partial charge is 0.0359 e. The van der Waals surface area contributed by atoms with Crippen LogP contribution in [0.3, 0.4) is 0 Å². The average Bonchev–Trinajstić information content (AvgIpc) is 2.43. The summed E-state index contributed by atoms with van der Waals surface area (Å²) in [4.78, 5) is 0. The van der Waals surface area contributed by atoms with Gasteiger partial charge in [-0.25, -0.2) is 0 Å². The highest BCUT2D eigenvalue weighted by Gasteiger charge is 1.61. The van der Waals surface area contributed by atoms with Crippen molar-refractivity contribution in [2.45, 2.75) is 0 Å². The van der Waals surface area contributed by atoms with E-state index in [2.05, 4.69) is 0 Å². The van der Waals surface area contributed by atoms with Gasteiger partial charge in [-0.2, -0.15) is 11.3 Å². The van der Waals surface area contributed by atoms with Gasteiger partial charge in [0.2, 0.25) is 0 Å². The van der Waals surface area contributed by atoms with Crippen molar-refractivity contribution < 1.29 is 0 Å². The molecule has 0 atom stereocenters. The molecule has 0 unspecified atom stereocenters. The molecule has 0 radical (unpaired) electrons. The van der Waals surface area contributed by atoms with Gasteiger partial charge in [0.1, 0.15) is 0 Å². The predicted octanol–water partition coefficient (Wildman–Crippen LogP) is 3.63. The topological polar surface area (TPSA) is 0 Å². The molecule has 1 aromatic heterocycles. The van der Waals surface area contributed by atoms with Crippen molar-refractivity contribution in [1.29, 1.82) is 0 Å². The van der Waals surface area contributed by atoms with Crippen LogP contribution in [0.15, 0.2) is 22.9 Å². The fraction of sp³-hybridized carbons (Fsp3) is 0.333. The zero-order valence-electron chi connectivity index (χ0n) is 5.30. The number of thiophene rings is 1. The summed E-state index contributed by atoms with van der Waals surface area (Å²) < 4.78 is 0. The first kappa shape index (κ1) is 13.2. The molecule has 0 N–H and O–H groups in total. The zero-order valence-corrected chi connectivity index (χ0v) is 8.44. The largest absolute Gasteiger partial charge is 0.152 e. The molecule has 0 saturated carbocycles. The van der Waals surface area contributed by atoms with E-state index < -0.39 is 0 Å². The lowest BCUT2D eigenvalue weighted by Gasteiger charge is -1.63. The molecule has 1 rings (SSSR count). The maximum absolute atomic E-state index is 5.05. The van der Waals surface area contributed by atoms with Crippen molar-refractivity contribution in [2.24, 2.45) is 0 Å². The maximum atomic E-state index is 5.05. The third-order valence-corrected chi connectivity index (χ3v) is 1.70.